The fraction of sp³-hybridized carbons (Fsp3) is 0.185. The second kappa shape index (κ2) is 9.29. The van der Waals surface area contributed by atoms with Crippen LogP contribution in [0, 0.1) is 12.7 Å². The van der Waals surface area contributed by atoms with Crippen molar-refractivity contribution in [3.8, 4) is 22.2 Å². The Bertz CT molecular complexity index is 1660. The molecule has 0 aliphatic carbocycles. The number of hydrogen-bond donors (Lipinski definition) is 1. The molecule has 3 aromatic carbocycles. The number of nitrogens with one attached hydrogen (secondary N) is 1. The lowest BCUT2D eigenvalue weighted by Crippen LogP contribution is -2.25. The number of ether oxygens (including phenoxy) is 3. The number of benzene rings is 3. The van der Waals surface area contributed by atoms with E-state index in [9.17, 15) is 9.18 Å². The molecular formula is C27H21FN4O4S. The number of fused-ring (bicyclic) bond motifs is 4. The Morgan fingerprint density at radius 1 is 1.19 bits per heavy atom. The van der Waals surface area contributed by atoms with Crippen molar-refractivity contribution in [2.45, 2.75) is 19.4 Å². The van der Waals surface area contributed by atoms with Gasteiger partial charge in [0.2, 0.25) is 5.88 Å². The van der Waals surface area contributed by atoms with Crippen molar-refractivity contribution in [1.29, 1.82) is 0 Å². The molecule has 1 aliphatic heterocycles. The molecule has 1 N–H and O–H groups in total. The lowest BCUT2D eigenvalue weighted by molar-refractivity contribution is 0.100. The summed E-state index contributed by atoms with van der Waals surface area (Å²) < 4.78 is 32.2. The number of carbonyl (C=O) groups excluding carboxylic acids is 1. The number of aryl methyl sites for hydroxylation is 1. The number of nitrogens with zero attached hydrogens (tertiary/aromatic N) is 3. The Hall–Kier alpha value is -4.31. The predicted molar refractivity (Wildman–Crippen MR) is 139 cm³/mol. The second-order valence-electron chi connectivity index (χ2n) is 8.66. The number of amides is 1. The van der Waals surface area contributed by atoms with Crippen LogP contribution in [0.4, 0.5) is 14.9 Å². The van der Waals surface area contributed by atoms with Crippen molar-refractivity contribution in [2.75, 3.05) is 19.0 Å². The van der Waals surface area contributed by atoms with Gasteiger partial charge in [-0.2, -0.15) is 0 Å². The first-order valence-electron chi connectivity index (χ1n) is 11.6. The van der Waals surface area contributed by atoms with Crippen LogP contribution in [0.3, 0.4) is 0 Å². The highest BCUT2D eigenvalue weighted by molar-refractivity contribution is 7.22. The van der Waals surface area contributed by atoms with Gasteiger partial charge in [-0.25, -0.2) is 24.1 Å². The van der Waals surface area contributed by atoms with Crippen molar-refractivity contribution in [3.63, 3.8) is 0 Å². The third-order valence-electron chi connectivity index (χ3n) is 6.03. The third kappa shape index (κ3) is 4.40. The molecular weight excluding hydrogens is 495 g/mol. The maximum absolute atomic E-state index is 15.0. The highest BCUT2D eigenvalue weighted by atomic mass is 32.1. The molecule has 0 unspecified atom stereocenters. The molecule has 1 aliphatic rings. The first-order chi connectivity index (χ1) is 18.0. The lowest BCUT2D eigenvalue weighted by atomic mass is 10.1. The molecule has 0 fully saturated rings. The molecule has 2 aromatic heterocycles. The summed E-state index contributed by atoms with van der Waals surface area (Å²) in [6.45, 7) is 1.96. The largest absolute Gasteiger partial charge is 0.483 e. The number of anilines is 1. The molecule has 5 aromatic rings. The molecule has 1 amide bonds. The first kappa shape index (κ1) is 23.1. The molecule has 0 saturated heterocycles. The van der Waals surface area contributed by atoms with Gasteiger partial charge >= 0.3 is 6.09 Å². The predicted octanol–water partition coefficient (Wildman–Crippen LogP) is 5.91. The summed E-state index contributed by atoms with van der Waals surface area (Å²) in [7, 11) is 1.55. The monoisotopic (exact) mass is 516 g/mol. The normalized spacial score (nSPS) is 14.4. The summed E-state index contributed by atoms with van der Waals surface area (Å²) in [6.07, 6.45) is 0.869. The molecule has 1 atom stereocenters. The van der Waals surface area contributed by atoms with Gasteiger partial charge in [-0.05, 0) is 36.8 Å². The van der Waals surface area contributed by atoms with E-state index in [-0.39, 0.29) is 12.4 Å². The third-order valence-corrected chi connectivity index (χ3v) is 7.19. The molecule has 0 saturated carbocycles. The van der Waals surface area contributed by atoms with Gasteiger partial charge in [0, 0.05) is 29.3 Å². The van der Waals surface area contributed by atoms with Crippen LogP contribution in [0.2, 0.25) is 0 Å². The van der Waals surface area contributed by atoms with Crippen LogP contribution in [0.1, 0.15) is 11.1 Å². The topological polar surface area (TPSA) is 95.5 Å². The van der Waals surface area contributed by atoms with E-state index >= 15 is 0 Å². The van der Waals surface area contributed by atoms with E-state index in [2.05, 4.69) is 15.3 Å². The van der Waals surface area contributed by atoms with Gasteiger partial charge in [0.05, 0.1) is 34.6 Å². The number of para-hydroxylation sites is 1. The van der Waals surface area contributed by atoms with E-state index < -0.39 is 18.0 Å². The lowest BCUT2D eigenvalue weighted by Gasteiger charge is -2.12. The highest BCUT2D eigenvalue weighted by Gasteiger charge is 2.31. The van der Waals surface area contributed by atoms with Crippen LogP contribution in [-0.4, -0.2) is 40.9 Å². The summed E-state index contributed by atoms with van der Waals surface area (Å²) in [5.41, 5.74) is 5.08. The quantitative estimate of drug-likeness (QED) is 0.310. The van der Waals surface area contributed by atoms with Crippen LogP contribution in [0.5, 0.6) is 11.6 Å². The Labute approximate surface area is 215 Å². The summed E-state index contributed by atoms with van der Waals surface area (Å²) >= 11 is 1.45. The van der Waals surface area contributed by atoms with Gasteiger partial charge in [0.1, 0.15) is 17.7 Å². The van der Waals surface area contributed by atoms with E-state index in [0.29, 0.717) is 39.5 Å². The summed E-state index contributed by atoms with van der Waals surface area (Å²) in [4.78, 5) is 25.9. The van der Waals surface area contributed by atoms with Gasteiger partial charge in [-0.1, -0.05) is 18.2 Å². The standard InChI is InChI=1S/C27H21FN4O4S/c1-14-8-17(23-20(9-14)31-22(34-2)12-29-23)26-32-21-11-19(28)24-18(25(21)37-26)10-16(36-24)13-35-27(33)30-15-6-4-3-5-7-15/h3-9,11-12,16H,10,13H2,1-2H3,(H,30,33)/t16-/m1/s1. The van der Waals surface area contributed by atoms with Crippen molar-refractivity contribution in [2.24, 2.45) is 0 Å². The zero-order chi connectivity index (χ0) is 25.5. The number of rotatable bonds is 5. The van der Waals surface area contributed by atoms with Gasteiger partial charge in [-0.15, -0.1) is 11.3 Å². The molecule has 0 spiro atoms. The van der Waals surface area contributed by atoms with Crippen molar-refractivity contribution >= 4 is 44.4 Å². The van der Waals surface area contributed by atoms with Crippen LogP contribution in [-0.2, 0) is 11.2 Å². The first-order valence-corrected chi connectivity index (χ1v) is 12.4. The zero-order valence-corrected chi connectivity index (χ0v) is 20.8. The molecule has 37 heavy (non-hydrogen) atoms. The molecule has 8 nitrogen and oxygen atoms in total. The highest BCUT2D eigenvalue weighted by Crippen LogP contribution is 2.43. The number of carbonyl (C=O) groups is 1. The fourth-order valence-electron chi connectivity index (χ4n) is 4.39. The van der Waals surface area contributed by atoms with E-state index in [4.69, 9.17) is 19.2 Å². The summed E-state index contributed by atoms with van der Waals surface area (Å²) in [5.74, 6) is 0.115. The van der Waals surface area contributed by atoms with Crippen molar-refractivity contribution in [3.05, 3.63) is 71.7 Å². The minimum Gasteiger partial charge on any atom is -0.483 e. The molecule has 6 rings (SSSR count). The van der Waals surface area contributed by atoms with Gasteiger partial charge in [0.15, 0.2) is 11.6 Å². The number of halogens is 1. The summed E-state index contributed by atoms with van der Waals surface area (Å²) in [6, 6.07) is 14.3. The van der Waals surface area contributed by atoms with Gasteiger partial charge in [0.25, 0.3) is 0 Å². The van der Waals surface area contributed by atoms with Gasteiger partial charge < -0.3 is 14.2 Å². The number of thiazole rings is 1. The van der Waals surface area contributed by atoms with E-state index in [1.54, 1.807) is 25.4 Å². The fourth-order valence-corrected chi connectivity index (χ4v) is 5.50. The van der Waals surface area contributed by atoms with Crippen molar-refractivity contribution in [1.82, 2.24) is 15.0 Å². The number of aromatic nitrogens is 3. The maximum Gasteiger partial charge on any atom is 0.411 e. The van der Waals surface area contributed by atoms with Gasteiger partial charge in [-0.3, -0.25) is 5.32 Å². The second-order valence-corrected chi connectivity index (χ2v) is 9.66. The average molecular weight is 517 g/mol. The number of methoxy groups -OCH3 is 1. The molecule has 10 heteroatoms. The molecule has 3 heterocycles. The van der Waals surface area contributed by atoms with E-state index in [1.807, 2.05) is 37.3 Å². The average Bonchev–Trinajstić information content (AvgIpc) is 3.52. The Morgan fingerprint density at radius 2 is 2.03 bits per heavy atom. The minimum atomic E-state index is -0.597. The summed E-state index contributed by atoms with van der Waals surface area (Å²) in [5, 5.41) is 3.36. The van der Waals surface area contributed by atoms with Crippen LogP contribution in [0.15, 0.2) is 54.7 Å². The zero-order valence-electron chi connectivity index (χ0n) is 19.9. The molecule has 186 valence electrons. The smallest absolute Gasteiger partial charge is 0.411 e. The maximum atomic E-state index is 15.0. The van der Waals surface area contributed by atoms with Crippen LogP contribution in [0.25, 0.3) is 31.8 Å². The Kier molecular flexibility index (Phi) is 5.80. The molecule has 0 bridgehead atoms. The number of hydrogen-bond acceptors (Lipinski definition) is 8. The van der Waals surface area contributed by atoms with E-state index in [0.717, 1.165) is 21.4 Å². The minimum absolute atomic E-state index is 0.0140. The Balaban J connectivity index is 1.27. The van der Waals surface area contributed by atoms with E-state index in [1.165, 1.54) is 17.4 Å². The SMILES string of the molecule is COc1cnc2c(-c3nc4cc(F)c5c(c4s3)C[C@H](COC(=O)Nc3ccccc3)O5)cc(C)cc2n1. The molecule has 0 radical (unpaired) electrons. The van der Waals surface area contributed by atoms with Crippen LogP contribution < -0.4 is 14.8 Å². The van der Waals surface area contributed by atoms with Crippen molar-refractivity contribution < 1.29 is 23.4 Å². The van der Waals surface area contributed by atoms with Crippen LogP contribution >= 0.6 is 11.3 Å². The Morgan fingerprint density at radius 3 is 2.84 bits per heavy atom.